The molecule has 1 N–H and O–H groups in total. The summed E-state index contributed by atoms with van der Waals surface area (Å²) in [6, 6.07) is 3.86. The number of rotatable bonds is 4. The maximum Gasteiger partial charge on any atom is 0.383 e. The lowest BCUT2D eigenvalue weighted by Gasteiger charge is -2.16. The molecule has 0 spiro atoms. The number of hydrogen-bond acceptors (Lipinski definition) is 3. The Morgan fingerprint density at radius 2 is 1.90 bits per heavy atom. The lowest BCUT2D eigenvalue weighted by atomic mass is 10.1. The van der Waals surface area contributed by atoms with Crippen LogP contribution in [0.2, 0.25) is 0 Å². The van der Waals surface area contributed by atoms with Gasteiger partial charge in [-0.25, -0.2) is 13.6 Å². The Morgan fingerprint density at radius 3 is 2.40 bits per heavy atom. The lowest BCUT2D eigenvalue weighted by molar-refractivity contribution is -0.163. The van der Waals surface area contributed by atoms with E-state index in [0.29, 0.717) is 0 Å². The molecule has 0 saturated heterocycles. The molecule has 1 rings (SSSR count). The average molecular weight is 293 g/mol. The SMILES string of the molecule is COC(=O)c1cccc(NC(=O)C(F)(F)C(F)F)c1C. The molecule has 110 valence electrons. The van der Waals surface area contributed by atoms with Gasteiger partial charge in [-0.15, -0.1) is 0 Å². The van der Waals surface area contributed by atoms with Crippen LogP contribution in [0.25, 0.3) is 0 Å². The fraction of sp³-hybridized carbons (Fsp3) is 0.333. The normalized spacial score (nSPS) is 11.3. The van der Waals surface area contributed by atoms with Gasteiger partial charge in [0.1, 0.15) is 0 Å². The first-order valence-electron chi connectivity index (χ1n) is 5.37. The first-order chi connectivity index (χ1) is 9.21. The van der Waals surface area contributed by atoms with Crippen molar-refractivity contribution in [3.05, 3.63) is 29.3 Å². The molecule has 8 heteroatoms. The number of hydrogen-bond donors (Lipinski definition) is 1. The zero-order valence-corrected chi connectivity index (χ0v) is 10.5. The van der Waals surface area contributed by atoms with E-state index in [1.165, 1.54) is 25.1 Å². The van der Waals surface area contributed by atoms with Gasteiger partial charge >= 0.3 is 24.2 Å². The summed E-state index contributed by atoms with van der Waals surface area (Å²) in [5, 5.41) is 1.67. The van der Waals surface area contributed by atoms with Gasteiger partial charge in [0.15, 0.2) is 0 Å². The molecule has 1 amide bonds. The van der Waals surface area contributed by atoms with Gasteiger partial charge in [0.25, 0.3) is 0 Å². The van der Waals surface area contributed by atoms with Gasteiger partial charge < -0.3 is 10.1 Å². The summed E-state index contributed by atoms with van der Waals surface area (Å²) in [6.07, 6.45) is -4.12. The monoisotopic (exact) mass is 293 g/mol. The van der Waals surface area contributed by atoms with Crippen LogP contribution in [0, 0.1) is 6.92 Å². The Labute approximate surface area is 111 Å². The molecule has 0 fully saturated rings. The Morgan fingerprint density at radius 1 is 1.30 bits per heavy atom. The number of halogens is 4. The van der Waals surface area contributed by atoms with E-state index in [-0.39, 0.29) is 16.8 Å². The van der Waals surface area contributed by atoms with E-state index in [0.717, 1.165) is 7.11 Å². The molecule has 0 aliphatic heterocycles. The van der Waals surface area contributed by atoms with Gasteiger partial charge in [0.05, 0.1) is 12.7 Å². The highest BCUT2D eigenvalue weighted by Crippen LogP contribution is 2.26. The zero-order chi connectivity index (χ0) is 15.5. The second-order valence-corrected chi connectivity index (χ2v) is 3.85. The first kappa shape index (κ1) is 15.9. The molecule has 1 aromatic rings. The highest BCUT2D eigenvalue weighted by atomic mass is 19.3. The third kappa shape index (κ3) is 3.06. The smallest absolute Gasteiger partial charge is 0.383 e. The van der Waals surface area contributed by atoms with Crippen LogP contribution in [0.15, 0.2) is 18.2 Å². The molecule has 0 radical (unpaired) electrons. The number of amides is 1. The summed E-state index contributed by atoms with van der Waals surface area (Å²) in [4.78, 5) is 22.5. The highest BCUT2D eigenvalue weighted by molar-refractivity contribution is 5.99. The summed E-state index contributed by atoms with van der Waals surface area (Å²) in [5.74, 6) is -7.69. The molecule has 1 aromatic carbocycles. The molecular formula is C12H11F4NO3. The van der Waals surface area contributed by atoms with Crippen LogP contribution >= 0.6 is 0 Å². The van der Waals surface area contributed by atoms with Gasteiger partial charge in [-0.1, -0.05) is 6.07 Å². The van der Waals surface area contributed by atoms with E-state index >= 15 is 0 Å². The number of nitrogens with one attached hydrogen (secondary N) is 1. The summed E-state index contributed by atoms with van der Waals surface area (Å²) < 4.78 is 54.2. The summed E-state index contributed by atoms with van der Waals surface area (Å²) in [5.41, 5.74) is 0.00153. The molecule has 0 heterocycles. The molecular weight excluding hydrogens is 282 g/mol. The highest BCUT2D eigenvalue weighted by Gasteiger charge is 2.49. The van der Waals surface area contributed by atoms with E-state index in [1.807, 2.05) is 0 Å². The zero-order valence-electron chi connectivity index (χ0n) is 10.5. The van der Waals surface area contributed by atoms with Crippen molar-refractivity contribution in [2.75, 3.05) is 12.4 Å². The van der Waals surface area contributed by atoms with Crippen molar-refractivity contribution in [3.8, 4) is 0 Å². The van der Waals surface area contributed by atoms with Gasteiger partial charge in [0.2, 0.25) is 0 Å². The van der Waals surface area contributed by atoms with Gasteiger partial charge in [-0.2, -0.15) is 8.78 Å². The Bertz CT molecular complexity index is 531. The van der Waals surface area contributed by atoms with Crippen molar-refractivity contribution in [3.63, 3.8) is 0 Å². The molecule has 0 aromatic heterocycles. The molecule has 0 saturated carbocycles. The molecule has 0 unspecified atom stereocenters. The Balaban J connectivity index is 3.06. The minimum absolute atomic E-state index is 0.0330. The third-order valence-electron chi connectivity index (χ3n) is 2.56. The Kier molecular flexibility index (Phi) is 4.69. The molecule has 0 aliphatic carbocycles. The Hall–Kier alpha value is -2.12. The van der Waals surface area contributed by atoms with E-state index in [4.69, 9.17) is 0 Å². The fourth-order valence-corrected chi connectivity index (χ4v) is 1.41. The number of carbonyl (C=O) groups excluding carboxylic acids is 2. The van der Waals surface area contributed by atoms with Crippen molar-refractivity contribution in [2.24, 2.45) is 0 Å². The van der Waals surface area contributed by atoms with Crippen LogP contribution in [0.1, 0.15) is 15.9 Å². The molecule has 4 nitrogen and oxygen atoms in total. The molecule has 20 heavy (non-hydrogen) atoms. The minimum atomic E-state index is -4.81. The summed E-state index contributed by atoms with van der Waals surface area (Å²) >= 11 is 0. The maximum atomic E-state index is 12.8. The van der Waals surface area contributed by atoms with Crippen molar-refractivity contribution in [1.82, 2.24) is 0 Å². The van der Waals surface area contributed by atoms with Crippen LogP contribution in [0.3, 0.4) is 0 Å². The molecule has 0 atom stereocenters. The molecule has 0 aliphatic rings. The average Bonchev–Trinajstić information content (AvgIpc) is 2.39. The van der Waals surface area contributed by atoms with E-state index in [2.05, 4.69) is 4.74 Å². The predicted octanol–water partition coefficient (Wildman–Crippen LogP) is 2.62. The van der Waals surface area contributed by atoms with E-state index in [9.17, 15) is 27.2 Å². The topological polar surface area (TPSA) is 55.4 Å². The van der Waals surface area contributed by atoms with Crippen molar-refractivity contribution in [2.45, 2.75) is 19.3 Å². The molecule has 0 bridgehead atoms. The second kappa shape index (κ2) is 5.89. The first-order valence-corrected chi connectivity index (χ1v) is 5.37. The van der Waals surface area contributed by atoms with E-state index in [1.54, 1.807) is 5.32 Å². The van der Waals surface area contributed by atoms with Crippen LogP contribution in [-0.4, -0.2) is 31.3 Å². The number of carbonyl (C=O) groups is 2. The lowest BCUT2D eigenvalue weighted by Crippen LogP contribution is -2.41. The standard InChI is InChI=1S/C12H11F4NO3/c1-6-7(9(18)20-2)4-3-5-8(6)17-11(19)12(15,16)10(13)14/h3-5,10H,1-2H3,(H,17,19). The van der Waals surface area contributed by atoms with E-state index < -0.39 is 24.2 Å². The van der Waals surface area contributed by atoms with Crippen LogP contribution < -0.4 is 5.32 Å². The largest absolute Gasteiger partial charge is 0.465 e. The predicted molar refractivity (Wildman–Crippen MR) is 62.1 cm³/mol. The minimum Gasteiger partial charge on any atom is -0.465 e. The van der Waals surface area contributed by atoms with Gasteiger partial charge in [-0.05, 0) is 24.6 Å². The summed E-state index contributed by atoms with van der Waals surface area (Å²) in [7, 11) is 1.12. The van der Waals surface area contributed by atoms with Crippen LogP contribution in [-0.2, 0) is 9.53 Å². The van der Waals surface area contributed by atoms with Crippen molar-refractivity contribution < 1.29 is 31.9 Å². The third-order valence-corrected chi connectivity index (χ3v) is 2.56. The van der Waals surface area contributed by atoms with Crippen LogP contribution in [0.5, 0.6) is 0 Å². The maximum absolute atomic E-state index is 12.8. The number of methoxy groups -OCH3 is 1. The number of alkyl halides is 4. The van der Waals surface area contributed by atoms with Gasteiger partial charge in [-0.3, -0.25) is 4.79 Å². The van der Waals surface area contributed by atoms with Gasteiger partial charge in [0, 0.05) is 5.69 Å². The van der Waals surface area contributed by atoms with Crippen molar-refractivity contribution >= 4 is 17.6 Å². The quantitative estimate of drug-likeness (QED) is 0.686. The number of benzene rings is 1. The van der Waals surface area contributed by atoms with Crippen molar-refractivity contribution in [1.29, 1.82) is 0 Å². The summed E-state index contributed by atoms with van der Waals surface area (Å²) in [6.45, 7) is 1.36. The number of esters is 1. The second-order valence-electron chi connectivity index (χ2n) is 3.85. The number of ether oxygens (including phenoxy) is 1. The fourth-order valence-electron chi connectivity index (χ4n) is 1.41. The van der Waals surface area contributed by atoms with Crippen LogP contribution in [0.4, 0.5) is 23.2 Å². The number of anilines is 1.